The summed E-state index contributed by atoms with van der Waals surface area (Å²) < 4.78 is 37.2. The van der Waals surface area contributed by atoms with Crippen LogP contribution in [0.3, 0.4) is 0 Å². The van der Waals surface area contributed by atoms with Crippen molar-refractivity contribution in [2.24, 2.45) is 0 Å². The van der Waals surface area contributed by atoms with Gasteiger partial charge in [0.25, 0.3) is 5.69 Å². The van der Waals surface area contributed by atoms with Crippen LogP contribution >= 0.6 is 0 Å². The molecule has 0 aliphatic carbocycles. The summed E-state index contributed by atoms with van der Waals surface area (Å²) in [6, 6.07) is 3.28. The molecule has 2 atom stereocenters. The van der Waals surface area contributed by atoms with E-state index in [1.165, 1.54) is 24.3 Å². The highest BCUT2D eigenvalue weighted by Crippen LogP contribution is 2.22. The molecule has 1 saturated heterocycles. The summed E-state index contributed by atoms with van der Waals surface area (Å²) in [6.45, 7) is 4.23. The standard InChI is InChI=1S/C20H28N4O10S/c1-20(2,3)34-19(28)23-11-14(10-16(23)17(25)26)22-35(31,32)9-8-21-18(27)33-12-13-4-6-15(7-5-13)24(29)30/h4-7,14,16,22H,8-12H2,1-3H3,(H,21,27)(H,25,26)/t14-,16+/m1/s1. The summed E-state index contributed by atoms with van der Waals surface area (Å²) in [6.07, 6.45) is -1.89. The minimum absolute atomic E-state index is 0.109. The molecule has 35 heavy (non-hydrogen) atoms. The number of carboxylic acid groups (broad SMARTS) is 1. The number of nitro benzene ring substituents is 1. The number of likely N-dealkylation sites (tertiary alicyclic amines) is 1. The lowest BCUT2D eigenvalue weighted by atomic mass is 10.2. The Hall–Kier alpha value is -3.46. The topological polar surface area (TPSA) is 194 Å². The van der Waals surface area contributed by atoms with E-state index in [4.69, 9.17) is 9.47 Å². The van der Waals surface area contributed by atoms with E-state index in [0.29, 0.717) is 5.56 Å². The molecule has 14 nitrogen and oxygen atoms in total. The number of non-ortho nitro benzene ring substituents is 1. The molecule has 2 rings (SSSR count). The second-order valence-corrected chi connectivity index (χ2v) is 10.7. The van der Waals surface area contributed by atoms with Crippen molar-refractivity contribution in [2.75, 3.05) is 18.8 Å². The van der Waals surface area contributed by atoms with Gasteiger partial charge in [0.15, 0.2) is 0 Å². The summed E-state index contributed by atoms with van der Waals surface area (Å²) >= 11 is 0. The molecule has 15 heteroatoms. The van der Waals surface area contributed by atoms with E-state index in [0.717, 1.165) is 4.90 Å². The molecule has 0 saturated carbocycles. The number of nitrogens with zero attached hydrogens (tertiary/aromatic N) is 2. The number of aliphatic carboxylic acids is 1. The molecule has 1 heterocycles. The maximum Gasteiger partial charge on any atom is 0.411 e. The fourth-order valence-electron chi connectivity index (χ4n) is 3.19. The van der Waals surface area contributed by atoms with E-state index in [1.54, 1.807) is 20.8 Å². The highest BCUT2D eigenvalue weighted by atomic mass is 32.2. The van der Waals surface area contributed by atoms with Crippen molar-refractivity contribution in [3.8, 4) is 0 Å². The van der Waals surface area contributed by atoms with Gasteiger partial charge in [0.05, 0.1) is 10.7 Å². The van der Waals surface area contributed by atoms with Crippen molar-refractivity contribution in [1.82, 2.24) is 14.9 Å². The molecule has 0 aromatic heterocycles. The van der Waals surface area contributed by atoms with Crippen LogP contribution in [0.5, 0.6) is 0 Å². The summed E-state index contributed by atoms with van der Waals surface area (Å²) in [5, 5.41) is 22.3. The zero-order valence-electron chi connectivity index (χ0n) is 19.4. The summed E-state index contributed by atoms with van der Waals surface area (Å²) in [7, 11) is -3.93. The van der Waals surface area contributed by atoms with Gasteiger partial charge < -0.3 is 19.9 Å². The van der Waals surface area contributed by atoms with Crippen LogP contribution in [-0.2, 0) is 30.9 Å². The number of alkyl carbamates (subject to hydrolysis) is 1. The average Bonchev–Trinajstić information content (AvgIpc) is 3.15. The zero-order valence-corrected chi connectivity index (χ0v) is 20.2. The van der Waals surface area contributed by atoms with Gasteiger partial charge in [0.2, 0.25) is 10.0 Å². The average molecular weight is 517 g/mol. The smallest absolute Gasteiger partial charge is 0.411 e. The highest BCUT2D eigenvalue weighted by molar-refractivity contribution is 7.89. The largest absolute Gasteiger partial charge is 0.480 e. The molecule has 1 fully saturated rings. The van der Waals surface area contributed by atoms with Crippen LogP contribution in [0.1, 0.15) is 32.8 Å². The minimum Gasteiger partial charge on any atom is -0.480 e. The molecule has 0 bridgehead atoms. The van der Waals surface area contributed by atoms with Gasteiger partial charge in [-0.05, 0) is 44.9 Å². The van der Waals surface area contributed by atoms with Crippen molar-refractivity contribution in [2.45, 2.75) is 51.5 Å². The third kappa shape index (κ3) is 9.01. The third-order valence-electron chi connectivity index (χ3n) is 4.72. The number of nitro groups is 1. The molecule has 0 spiro atoms. The number of nitrogens with one attached hydrogen (secondary N) is 2. The van der Waals surface area contributed by atoms with Crippen LogP contribution in [0.25, 0.3) is 0 Å². The quantitative estimate of drug-likeness (QED) is 0.317. The van der Waals surface area contributed by atoms with Gasteiger partial charge in [-0.2, -0.15) is 0 Å². The zero-order chi connectivity index (χ0) is 26.4. The molecule has 3 N–H and O–H groups in total. The van der Waals surface area contributed by atoms with Gasteiger partial charge in [0, 0.05) is 31.3 Å². The van der Waals surface area contributed by atoms with E-state index in [-0.39, 0.29) is 31.8 Å². The molecular formula is C20H28N4O10S. The first-order valence-electron chi connectivity index (χ1n) is 10.5. The van der Waals surface area contributed by atoms with Gasteiger partial charge >= 0.3 is 18.2 Å². The lowest BCUT2D eigenvalue weighted by Crippen LogP contribution is -2.44. The SMILES string of the molecule is CC(C)(C)OC(=O)N1C[C@H](NS(=O)(=O)CCNC(=O)OCc2ccc([N+](=O)[O-])cc2)C[C@H]1C(=O)O. The molecule has 1 aromatic rings. The maximum absolute atomic E-state index is 12.4. The number of rotatable bonds is 9. The minimum atomic E-state index is -3.93. The maximum atomic E-state index is 12.4. The van der Waals surface area contributed by atoms with Crippen molar-refractivity contribution in [3.63, 3.8) is 0 Å². The number of sulfonamides is 1. The fourth-order valence-corrected chi connectivity index (χ4v) is 4.36. The number of benzene rings is 1. The number of hydrogen-bond acceptors (Lipinski definition) is 9. The first-order valence-corrected chi connectivity index (χ1v) is 12.2. The van der Waals surface area contributed by atoms with E-state index in [2.05, 4.69) is 10.0 Å². The van der Waals surface area contributed by atoms with Gasteiger partial charge in [-0.1, -0.05) is 0 Å². The lowest BCUT2D eigenvalue weighted by Gasteiger charge is -2.26. The number of carbonyl (C=O) groups excluding carboxylic acids is 2. The monoisotopic (exact) mass is 516 g/mol. The summed E-state index contributed by atoms with van der Waals surface area (Å²) in [4.78, 5) is 46.7. The predicted molar refractivity (Wildman–Crippen MR) is 121 cm³/mol. The molecule has 2 amide bonds. The second-order valence-electron chi connectivity index (χ2n) is 8.78. The fraction of sp³-hybridized carbons (Fsp3) is 0.550. The summed E-state index contributed by atoms with van der Waals surface area (Å²) in [5.74, 6) is -1.80. The molecular weight excluding hydrogens is 488 g/mol. The highest BCUT2D eigenvalue weighted by Gasteiger charge is 2.42. The lowest BCUT2D eigenvalue weighted by molar-refractivity contribution is -0.384. The number of carbonyl (C=O) groups is 3. The number of ether oxygens (including phenoxy) is 2. The van der Waals surface area contributed by atoms with Crippen LogP contribution in [0.15, 0.2) is 24.3 Å². The van der Waals surface area contributed by atoms with E-state index in [1.807, 2.05) is 0 Å². The van der Waals surface area contributed by atoms with Crippen LogP contribution < -0.4 is 10.0 Å². The molecule has 0 radical (unpaired) electrons. The van der Waals surface area contributed by atoms with Gasteiger partial charge in [-0.3, -0.25) is 15.0 Å². The Bertz CT molecular complexity index is 1050. The van der Waals surface area contributed by atoms with Crippen LogP contribution in [0.2, 0.25) is 0 Å². The Labute approximate surface area is 201 Å². The Balaban J connectivity index is 1.81. The molecule has 194 valence electrons. The number of carboxylic acids is 1. The predicted octanol–water partition coefficient (Wildman–Crippen LogP) is 1.20. The Morgan fingerprint density at radius 2 is 1.86 bits per heavy atom. The molecule has 1 aliphatic heterocycles. The van der Waals surface area contributed by atoms with Crippen molar-refractivity contribution in [1.29, 1.82) is 0 Å². The number of hydrogen-bond donors (Lipinski definition) is 3. The number of amides is 2. The van der Waals surface area contributed by atoms with Crippen molar-refractivity contribution >= 4 is 33.9 Å². The van der Waals surface area contributed by atoms with Crippen LogP contribution in [0.4, 0.5) is 15.3 Å². The Morgan fingerprint density at radius 3 is 2.40 bits per heavy atom. The van der Waals surface area contributed by atoms with Gasteiger partial charge in [0.1, 0.15) is 18.2 Å². The van der Waals surface area contributed by atoms with Crippen molar-refractivity contribution in [3.05, 3.63) is 39.9 Å². The van der Waals surface area contributed by atoms with E-state index >= 15 is 0 Å². The first kappa shape index (κ1) is 27.8. The van der Waals surface area contributed by atoms with Gasteiger partial charge in [-0.15, -0.1) is 0 Å². The van der Waals surface area contributed by atoms with E-state index in [9.17, 15) is 38.0 Å². The van der Waals surface area contributed by atoms with Crippen LogP contribution in [-0.4, -0.2) is 78.0 Å². The molecule has 1 aromatic carbocycles. The Morgan fingerprint density at radius 1 is 1.23 bits per heavy atom. The third-order valence-corrected chi connectivity index (χ3v) is 6.15. The second kappa shape index (κ2) is 11.3. The van der Waals surface area contributed by atoms with Crippen molar-refractivity contribution < 1.29 is 42.3 Å². The molecule has 0 unspecified atom stereocenters. The molecule has 1 aliphatic rings. The summed E-state index contributed by atoms with van der Waals surface area (Å²) in [5.41, 5.74) is -0.456. The first-order chi connectivity index (χ1) is 16.2. The normalized spacial score (nSPS) is 18.1. The van der Waals surface area contributed by atoms with Crippen LogP contribution in [0, 0.1) is 10.1 Å². The van der Waals surface area contributed by atoms with E-state index < -0.39 is 56.5 Å². The Kier molecular flexibility index (Phi) is 8.98. The van der Waals surface area contributed by atoms with Gasteiger partial charge in [-0.25, -0.2) is 27.5 Å².